The molecule has 0 aromatic heterocycles. The van der Waals surface area contributed by atoms with Crippen molar-refractivity contribution in [3.63, 3.8) is 0 Å². The summed E-state index contributed by atoms with van der Waals surface area (Å²) in [6, 6.07) is 0.0942. The number of nitrogens with zero attached hydrogens (tertiary/aromatic N) is 1. The average molecular weight is 242 g/mol. The van der Waals surface area contributed by atoms with Gasteiger partial charge < -0.3 is 15.3 Å². The van der Waals surface area contributed by atoms with Gasteiger partial charge in [-0.2, -0.15) is 0 Å². The summed E-state index contributed by atoms with van der Waals surface area (Å²) in [6.45, 7) is 3.86. The first-order valence-corrected chi connectivity index (χ1v) is 5.70. The van der Waals surface area contributed by atoms with Crippen LogP contribution >= 0.6 is 0 Å². The molecule has 0 aromatic carbocycles. The minimum Gasteiger partial charge on any atom is -0.481 e. The Hall–Kier alpha value is -1.59. The summed E-state index contributed by atoms with van der Waals surface area (Å²) in [5.74, 6) is -2.52. The van der Waals surface area contributed by atoms with Crippen LogP contribution in [0.15, 0.2) is 0 Å². The zero-order valence-corrected chi connectivity index (χ0v) is 10.1. The van der Waals surface area contributed by atoms with E-state index in [9.17, 15) is 14.4 Å². The molecule has 96 valence electrons. The second-order valence-electron chi connectivity index (χ2n) is 4.36. The Labute approximate surface area is 100.0 Å². The highest BCUT2D eigenvalue weighted by Crippen LogP contribution is 2.13. The molecule has 6 heteroatoms. The van der Waals surface area contributed by atoms with Crippen LogP contribution in [0.3, 0.4) is 0 Å². The van der Waals surface area contributed by atoms with Crippen LogP contribution in [0.1, 0.15) is 26.7 Å². The first-order valence-electron chi connectivity index (χ1n) is 5.70. The number of carbonyl (C=O) groups excluding carboxylic acids is 2. The fraction of sp³-hybridized carbons (Fsp3) is 0.727. The van der Waals surface area contributed by atoms with E-state index in [0.29, 0.717) is 25.9 Å². The van der Waals surface area contributed by atoms with Gasteiger partial charge in [0.05, 0.1) is 0 Å². The monoisotopic (exact) mass is 242 g/mol. The Morgan fingerprint density at radius 3 is 2.24 bits per heavy atom. The van der Waals surface area contributed by atoms with Crippen molar-refractivity contribution in [2.24, 2.45) is 5.92 Å². The summed E-state index contributed by atoms with van der Waals surface area (Å²) in [7, 11) is 0. The van der Waals surface area contributed by atoms with Crippen LogP contribution in [0.5, 0.6) is 0 Å². The number of rotatable bonds is 3. The van der Waals surface area contributed by atoms with Crippen molar-refractivity contribution < 1.29 is 19.5 Å². The van der Waals surface area contributed by atoms with Crippen molar-refractivity contribution >= 4 is 17.8 Å². The Balaban J connectivity index is 2.44. The third-order valence-electron chi connectivity index (χ3n) is 2.95. The Morgan fingerprint density at radius 1 is 1.29 bits per heavy atom. The van der Waals surface area contributed by atoms with E-state index in [2.05, 4.69) is 5.32 Å². The zero-order valence-electron chi connectivity index (χ0n) is 10.1. The van der Waals surface area contributed by atoms with Gasteiger partial charge in [0.1, 0.15) is 5.92 Å². The molecule has 1 fully saturated rings. The van der Waals surface area contributed by atoms with Crippen LogP contribution in [-0.2, 0) is 14.4 Å². The van der Waals surface area contributed by atoms with Crippen LogP contribution in [0.2, 0.25) is 0 Å². The molecule has 0 aliphatic carbocycles. The van der Waals surface area contributed by atoms with Crippen molar-refractivity contribution in [3.8, 4) is 0 Å². The van der Waals surface area contributed by atoms with Gasteiger partial charge in [-0.15, -0.1) is 0 Å². The standard InChI is InChI=1S/C11H18N2O4/c1-7(11(16)17)10(15)13-5-3-9(4-6-13)12-8(2)14/h7,9H,3-6H2,1-2H3,(H,12,14)(H,16,17). The Bertz CT molecular complexity index is 321. The van der Waals surface area contributed by atoms with Crippen LogP contribution in [0.25, 0.3) is 0 Å². The fourth-order valence-corrected chi connectivity index (χ4v) is 1.91. The summed E-state index contributed by atoms with van der Waals surface area (Å²) >= 11 is 0. The van der Waals surface area contributed by atoms with Crippen molar-refractivity contribution in [2.75, 3.05) is 13.1 Å². The molecule has 17 heavy (non-hydrogen) atoms. The minimum absolute atomic E-state index is 0.0753. The number of likely N-dealkylation sites (tertiary alicyclic amines) is 1. The number of hydrogen-bond donors (Lipinski definition) is 2. The lowest BCUT2D eigenvalue weighted by Crippen LogP contribution is -2.48. The molecule has 1 atom stereocenters. The molecule has 0 spiro atoms. The highest BCUT2D eigenvalue weighted by molar-refractivity contribution is 5.96. The molecule has 1 rings (SSSR count). The highest BCUT2D eigenvalue weighted by Gasteiger charge is 2.29. The van der Waals surface area contributed by atoms with Crippen molar-refractivity contribution in [3.05, 3.63) is 0 Å². The first kappa shape index (κ1) is 13.5. The van der Waals surface area contributed by atoms with E-state index in [1.165, 1.54) is 13.8 Å². The zero-order chi connectivity index (χ0) is 13.0. The maximum Gasteiger partial charge on any atom is 0.315 e. The lowest BCUT2D eigenvalue weighted by atomic mass is 10.0. The van der Waals surface area contributed by atoms with E-state index in [-0.39, 0.29) is 17.9 Å². The molecule has 1 heterocycles. The van der Waals surface area contributed by atoms with E-state index >= 15 is 0 Å². The molecule has 0 saturated carbocycles. The number of nitrogens with one attached hydrogen (secondary N) is 1. The van der Waals surface area contributed by atoms with Gasteiger partial charge in [-0.05, 0) is 19.8 Å². The summed E-state index contributed by atoms with van der Waals surface area (Å²) < 4.78 is 0. The lowest BCUT2D eigenvalue weighted by molar-refractivity contribution is -0.150. The third-order valence-corrected chi connectivity index (χ3v) is 2.95. The summed E-state index contributed by atoms with van der Waals surface area (Å²) in [5.41, 5.74) is 0. The molecule has 0 aromatic rings. The maximum absolute atomic E-state index is 11.7. The van der Waals surface area contributed by atoms with Gasteiger partial charge in [0.25, 0.3) is 0 Å². The van der Waals surface area contributed by atoms with Crippen molar-refractivity contribution in [2.45, 2.75) is 32.7 Å². The van der Waals surface area contributed by atoms with Crippen LogP contribution in [0, 0.1) is 5.92 Å². The molecule has 6 nitrogen and oxygen atoms in total. The SMILES string of the molecule is CC(=O)NC1CCN(C(=O)C(C)C(=O)O)CC1. The predicted octanol–water partition coefficient (Wildman–Crippen LogP) is -0.166. The third kappa shape index (κ3) is 3.72. The topological polar surface area (TPSA) is 86.7 Å². The average Bonchev–Trinajstić information content (AvgIpc) is 2.27. The van der Waals surface area contributed by atoms with Crippen molar-refractivity contribution in [1.29, 1.82) is 0 Å². The fourth-order valence-electron chi connectivity index (χ4n) is 1.91. The van der Waals surface area contributed by atoms with Crippen LogP contribution < -0.4 is 5.32 Å². The molecule has 2 amide bonds. The highest BCUT2D eigenvalue weighted by atomic mass is 16.4. The van der Waals surface area contributed by atoms with Gasteiger partial charge in [-0.1, -0.05) is 0 Å². The predicted molar refractivity (Wildman–Crippen MR) is 60.2 cm³/mol. The van der Waals surface area contributed by atoms with E-state index in [0.717, 1.165) is 0 Å². The summed E-state index contributed by atoms with van der Waals surface area (Å²) in [5, 5.41) is 11.5. The van der Waals surface area contributed by atoms with Gasteiger partial charge in [0, 0.05) is 26.1 Å². The number of amides is 2. The van der Waals surface area contributed by atoms with Crippen LogP contribution in [-0.4, -0.2) is 46.9 Å². The van der Waals surface area contributed by atoms with E-state index in [1.54, 1.807) is 4.90 Å². The Kier molecular flexibility index (Phi) is 4.48. The van der Waals surface area contributed by atoms with Crippen LogP contribution in [0.4, 0.5) is 0 Å². The maximum atomic E-state index is 11.7. The number of piperidine rings is 1. The number of carboxylic acids is 1. The largest absolute Gasteiger partial charge is 0.481 e. The van der Waals surface area contributed by atoms with E-state index in [1.807, 2.05) is 0 Å². The summed E-state index contributed by atoms with van der Waals surface area (Å²) in [4.78, 5) is 34.8. The quantitative estimate of drug-likeness (QED) is 0.673. The van der Waals surface area contributed by atoms with Crippen molar-refractivity contribution in [1.82, 2.24) is 10.2 Å². The van der Waals surface area contributed by atoms with Gasteiger partial charge in [0.15, 0.2) is 0 Å². The molecule has 1 aliphatic heterocycles. The molecule has 0 bridgehead atoms. The molecule has 0 radical (unpaired) electrons. The second kappa shape index (κ2) is 5.65. The summed E-state index contributed by atoms with van der Waals surface area (Å²) in [6.07, 6.45) is 1.36. The molecule has 1 saturated heterocycles. The smallest absolute Gasteiger partial charge is 0.315 e. The molecule has 2 N–H and O–H groups in total. The molecular formula is C11H18N2O4. The Morgan fingerprint density at radius 2 is 1.82 bits per heavy atom. The number of carboxylic acid groups (broad SMARTS) is 1. The van der Waals surface area contributed by atoms with Gasteiger partial charge >= 0.3 is 5.97 Å². The second-order valence-corrected chi connectivity index (χ2v) is 4.36. The van der Waals surface area contributed by atoms with Gasteiger partial charge in [-0.3, -0.25) is 14.4 Å². The minimum atomic E-state index is -1.10. The normalized spacial score (nSPS) is 18.6. The number of carbonyl (C=O) groups is 3. The number of hydrogen-bond acceptors (Lipinski definition) is 3. The number of aliphatic carboxylic acids is 1. The van der Waals surface area contributed by atoms with E-state index < -0.39 is 11.9 Å². The van der Waals surface area contributed by atoms with E-state index in [4.69, 9.17) is 5.11 Å². The molecular weight excluding hydrogens is 224 g/mol. The molecule has 1 aliphatic rings. The van der Waals surface area contributed by atoms with Gasteiger partial charge in [-0.25, -0.2) is 0 Å². The van der Waals surface area contributed by atoms with Gasteiger partial charge in [0.2, 0.25) is 11.8 Å². The lowest BCUT2D eigenvalue weighted by Gasteiger charge is -2.33. The molecule has 1 unspecified atom stereocenters. The first-order chi connectivity index (χ1) is 7.91.